The van der Waals surface area contributed by atoms with Gasteiger partial charge in [-0.25, -0.2) is 9.18 Å². The number of nitrogens with zero attached hydrogens (tertiary/aromatic N) is 2. The average Bonchev–Trinajstić information content (AvgIpc) is 3.09. The summed E-state index contributed by atoms with van der Waals surface area (Å²) in [6, 6.07) is 12.4. The smallest absolute Gasteiger partial charge is 0.344 e. The zero-order valence-electron chi connectivity index (χ0n) is 12.8. The largest absolute Gasteiger partial charge is 0.480 e. The second-order valence-electron chi connectivity index (χ2n) is 4.90. The van der Waals surface area contributed by atoms with Gasteiger partial charge in [-0.1, -0.05) is 28.9 Å². The molecule has 1 aromatic heterocycles. The van der Waals surface area contributed by atoms with Crippen LogP contribution in [-0.4, -0.2) is 22.7 Å². The van der Waals surface area contributed by atoms with Crippen LogP contribution in [0.25, 0.3) is 11.4 Å². The van der Waals surface area contributed by atoms with Crippen molar-refractivity contribution in [2.45, 2.75) is 6.61 Å². The fourth-order valence-electron chi connectivity index (χ4n) is 1.91. The molecular weight excluding hydrogens is 351 g/mol. The number of carbonyl (C=O) groups is 1. The van der Waals surface area contributed by atoms with E-state index < -0.39 is 5.97 Å². The van der Waals surface area contributed by atoms with Gasteiger partial charge in [0.25, 0.3) is 5.89 Å². The van der Waals surface area contributed by atoms with Crippen LogP contribution in [0.15, 0.2) is 53.1 Å². The summed E-state index contributed by atoms with van der Waals surface area (Å²) in [7, 11) is 0. The predicted octanol–water partition coefficient (Wildman–Crippen LogP) is 3.65. The third-order valence-corrected chi connectivity index (χ3v) is 3.42. The first-order chi connectivity index (χ1) is 12.1. The lowest BCUT2D eigenvalue weighted by Gasteiger charge is -2.06. The van der Waals surface area contributed by atoms with Crippen molar-refractivity contribution >= 4 is 17.6 Å². The highest BCUT2D eigenvalue weighted by atomic mass is 35.5. The van der Waals surface area contributed by atoms with Crippen molar-refractivity contribution < 1.29 is 23.2 Å². The van der Waals surface area contributed by atoms with Crippen molar-refractivity contribution in [2.24, 2.45) is 0 Å². The minimum absolute atomic E-state index is 0.116. The SMILES string of the molecule is O=C(COc1ccccc1Cl)OCc1nc(-c2ccc(F)cc2)no1. The summed E-state index contributed by atoms with van der Waals surface area (Å²) in [5, 5.41) is 4.15. The molecule has 0 N–H and O–H groups in total. The zero-order valence-corrected chi connectivity index (χ0v) is 13.6. The summed E-state index contributed by atoms with van der Waals surface area (Å²) in [4.78, 5) is 15.8. The molecule has 0 unspecified atom stereocenters. The molecule has 0 aliphatic carbocycles. The number of halogens is 2. The number of hydrogen-bond donors (Lipinski definition) is 0. The van der Waals surface area contributed by atoms with Crippen molar-refractivity contribution in [1.29, 1.82) is 0 Å². The van der Waals surface area contributed by atoms with Crippen LogP contribution in [0.3, 0.4) is 0 Å². The van der Waals surface area contributed by atoms with Gasteiger partial charge in [0.05, 0.1) is 5.02 Å². The lowest BCUT2D eigenvalue weighted by atomic mass is 10.2. The summed E-state index contributed by atoms with van der Waals surface area (Å²) >= 11 is 5.92. The Balaban J connectivity index is 1.51. The van der Waals surface area contributed by atoms with Crippen LogP contribution in [0.4, 0.5) is 4.39 Å². The molecule has 6 nitrogen and oxygen atoms in total. The molecule has 3 rings (SSSR count). The van der Waals surface area contributed by atoms with Crippen LogP contribution >= 0.6 is 11.6 Å². The van der Waals surface area contributed by atoms with Crippen molar-refractivity contribution in [1.82, 2.24) is 10.1 Å². The molecular formula is C17H12ClFN2O4. The summed E-state index contributed by atoms with van der Waals surface area (Å²) in [6.45, 7) is -0.498. The number of aromatic nitrogens is 2. The molecule has 2 aromatic carbocycles. The maximum absolute atomic E-state index is 12.9. The fraction of sp³-hybridized carbons (Fsp3) is 0.118. The minimum atomic E-state index is -0.610. The van der Waals surface area contributed by atoms with Gasteiger partial charge in [0, 0.05) is 5.56 Å². The van der Waals surface area contributed by atoms with Gasteiger partial charge in [-0.15, -0.1) is 0 Å². The van der Waals surface area contributed by atoms with Crippen molar-refractivity contribution in [3.8, 4) is 17.1 Å². The molecule has 0 fully saturated rings. The van der Waals surface area contributed by atoms with Crippen molar-refractivity contribution in [2.75, 3.05) is 6.61 Å². The summed E-state index contributed by atoms with van der Waals surface area (Å²) in [5.41, 5.74) is 0.588. The molecule has 0 atom stereocenters. The quantitative estimate of drug-likeness (QED) is 0.623. The highest BCUT2D eigenvalue weighted by Crippen LogP contribution is 2.23. The van der Waals surface area contributed by atoms with E-state index in [4.69, 9.17) is 25.6 Å². The molecule has 0 saturated heterocycles. The molecule has 1 heterocycles. The first-order valence-corrected chi connectivity index (χ1v) is 7.61. The van der Waals surface area contributed by atoms with Gasteiger partial charge in [-0.2, -0.15) is 4.98 Å². The van der Waals surface area contributed by atoms with Crippen LogP contribution < -0.4 is 4.74 Å². The van der Waals surface area contributed by atoms with Crippen LogP contribution in [-0.2, 0) is 16.1 Å². The van der Waals surface area contributed by atoms with Gasteiger partial charge >= 0.3 is 5.97 Å². The highest BCUT2D eigenvalue weighted by molar-refractivity contribution is 6.32. The Bertz CT molecular complexity index is 867. The first-order valence-electron chi connectivity index (χ1n) is 7.23. The van der Waals surface area contributed by atoms with Crippen LogP contribution in [0.5, 0.6) is 5.75 Å². The summed E-state index contributed by atoms with van der Waals surface area (Å²) < 4.78 is 28.1. The standard InChI is InChI=1S/C17H12ClFN2O4/c18-13-3-1-2-4-14(13)23-10-16(22)24-9-15-20-17(21-25-15)11-5-7-12(19)8-6-11/h1-8H,9-10H2. The van der Waals surface area contributed by atoms with E-state index in [1.165, 1.54) is 24.3 Å². The lowest BCUT2D eigenvalue weighted by molar-refractivity contribution is -0.148. The molecule has 8 heteroatoms. The van der Waals surface area contributed by atoms with Crippen molar-refractivity contribution in [3.63, 3.8) is 0 Å². The fourth-order valence-corrected chi connectivity index (χ4v) is 2.10. The summed E-state index contributed by atoms with van der Waals surface area (Å²) in [6.07, 6.45) is 0. The number of benzene rings is 2. The number of ether oxygens (including phenoxy) is 2. The van der Waals surface area contributed by atoms with Gasteiger partial charge in [-0.3, -0.25) is 0 Å². The van der Waals surface area contributed by atoms with Gasteiger partial charge in [0.15, 0.2) is 13.2 Å². The van der Waals surface area contributed by atoms with Crippen LogP contribution in [0.1, 0.15) is 5.89 Å². The van der Waals surface area contributed by atoms with Gasteiger partial charge < -0.3 is 14.0 Å². The normalized spacial score (nSPS) is 10.5. The van der Waals surface area contributed by atoms with E-state index in [-0.39, 0.29) is 30.7 Å². The third-order valence-electron chi connectivity index (χ3n) is 3.11. The minimum Gasteiger partial charge on any atom is -0.480 e. The first kappa shape index (κ1) is 16.9. The Kier molecular flexibility index (Phi) is 5.25. The topological polar surface area (TPSA) is 74.5 Å². The molecule has 25 heavy (non-hydrogen) atoms. The van der Waals surface area contributed by atoms with Gasteiger partial charge in [0.2, 0.25) is 5.82 Å². The molecule has 0 aliphatic rings. The molecule has 0 amide bonds. The number of para-hydroxylation sites is 1. The maximum atomic E-state index is 12.9. The zero-order chi connectivity index (χ0) is 17.6. The maximum Gasteiger partial charge on any atom is 0.344 e. The molecule has 0 spiro atoms. The Morgan fingerprint density at radius 2 is 1.92 bits per heavy atom. The van der Waals surface area contributed by atoms with Crippen LogP contribution in [0, 0.1) is 5.82 Å². The number of esters is 1. The van der Waals surface area contributed by atoms with Gasteiger partial charge in [0.1, 0.15) is 11.6 Å². The molecule has 0 radical (unpaired) electrons. The second kappa shape index (κ2) is 7.76. The van der Waals surface area contributed by atoms with E-state index in [0.717, 1.165) is 0 Å². The van der Waals surface area contributed by atoms with E-state index in [9.17, 15) is 9.18 Å². The van der Waals surface area contributed by atoms with Crippen molar-refractivity contribution in [3.05, 3.63) is 65.3 Å². The number of rotatable bonds is 6. The monoisotopic (exact) mass is 362 g/mol. The van der Waals surface area contributed by atoms with Gasteiger partial charge in [-0.05, 0) is 36.4 Å². The van der Waals surface area contributed by atoms with E-state index in [2.05, 4.69) is 10.1 Å². The molecule has 0 aliphatic heterocycles. The number of carbonyl (C=O) groups excluding carboxylic acids is 1. The molecule has 0 bridgehead atoms. The third kappa shape index (κ3) is 4.54. The number of hydrogen-bond acceptors (Lipinski definition) is 6. The van der Waals surface area contributed by atoms with E-state index >= 15 is 0 Å². The molecule has 128 valence electrons. The van der Waals surface area contributed by atoms with E-state index in [1.54, 1.807) is 24.3 Å². The lowest BCUT2D eigenvalue weighted by Crippen LogP contribution is -2.15. The molecule has 0 saturated carbocycles. The van der Waals surface area contributed by atoms with E-state index in [1.807, 2.05) is 0 Å². The predicted molar refractivity (Wildman–Crippen MR) is 86.4 cm³/mol. The van der Waals surface area contributed by atoms with Crippen LogP contribution in [0.2, 0.25) is 5.02 Å². The Morgan fingerprint density at radius 3 is 2.68 bits per heavy atom. The highest BCUT2D eigenvalue weighted by Gasteiger charge is 2.12. The Morgan fingerprint density at radius 1 is 1.16 bits per heavy atom. The second-order valence-corrected chi connectivity index (χ2v) is 5.31. The van der Waals surface area contributed by atoms with E-state index in [0.29, 0.717) is 16.3 Å². The molecule has 3 aromatic rings. The average molecular weight is 363 g/mol. The Hall–Kier alpha value is -2.93. The Labute approximate surface area is 147 Å². The summed E-state index contributed by atoms with van der Waals surface area (Å²) in [5.74, 6) is -0.192.